The number of rotatable bonds is 3. The number of pyridine rings is 1. The number of phenolic OH excluding ortho intramolecular Hbond substituents is 1. The van der Waals surface area contributed by atoms with Crippen LogP contribution in [0.5, 0.6) is 5.75 Å². The average Bonchev–Trinajstić information content (AvgIpc) is 2.99. The van der Waals surface area contributed by atoms with Crippen LogP contribution in [0.25, 0.3) is 22.2 Å². The molecule has 0 aliphatic heterocycles. The molecule has 0 amide bonds. The molecule has 2 aromatic heterocycles. The molecule has 0 saturated carbocycles. The number of aromatic amines is 1. The summed E-state index contributed by atoms with van der Waals surface area (Å²) in [4.78, 5) is 10.0. The standard InChI is InChI=1S/C19H13BrN2OS/c20-14-4-6-16(7-5-14)24-18-11-22-19-17(18)9-13(10-21-19)12-2-1-3-15(23)8-12/h1-11,23H,(H,21,22). The van der Waals surface area contributed by atoms with Crippen molar-refractivity contribution in [2.45, 2.75) is 9.79 Å². The van der Waals surface area contributed by atoms with Gasteiger partial charge in [-0.25, -0.2) is 4.98 Å². The zero-order chi connectivity index (χ0) is 16.5. The first-order chi connectivity index (χ1) is 11.7. The summed E-state index contributed by atoms with van der Waals surface area (Å²) < 4.78 is 1.07. The molecule has 2 N–H and O–H groups in total. The van der Waals surface area contributed by atoms with Crippen LogP contribution >= 0.6 is 27.7 Å². The van der Waals surface area contributed by atoms with E-state index in [4.69, 9.17) is 0 Å². The summed E-state index contributed by atoms with van der Waals surface area (Å²) in [6.07, 6.45) is 3.80. The lowest BCUT2D eigenvalue weighted by Crippen LogP contribution is -1.82. The van der Waals surface area contributed by atoms with Crippen molar-refractivity contribution in [2.24, 2.45) is 0 Å². The van der Waals surface area contributed by atoms with Crippen molar-refractivity contribution < 1.29 is 5.11 Å². The van der Waals surface area contributed by atoms with Crippen LogP contribution in [0, 0.1) is 0 Å². The van der Waals surface area contributed by atoms with Gasteiger partial charge < -0.3 is 10.1 Å². The Morgan fingerprint density at radius 1 is 1.00 bits per heavy atom. The Balaban J connectivity index is 1.74. The molecule has 5 heteroatoms. The molecule has 0 aliphatic carbocycles. The minimum atomic E-state index is 0.256. The first-order valence-corrected chi connectivity index (χ1v) is 9.00. The van der Waals surface area contributed by atoms with E-state index in [2.05, 4.69) is 44.1 Å². The van der Waals surface area contributed by atoms with Crippen LogP contribution in [0.15, 0.2) is 81.3 Å². The molecule has 0 radical (unpaired) electrons. The van der Waals surface area contributed by atoms with Crippen LogP contribution in [-0.4, -0.2) is 15.1 Å². The molecule has 3 nitrogen and oxygen atoms in total. The lowest BCUT2D eigenvalue weighted by atomic mass is 10.1. The van der Waals surface area contributed by atoms with E-state index in [1.807, 2.05) is 36.7 Å². The van der Waals surface area contributed by atoms with Crippen LogP contribution < -0.4 is 0 Å². The number of fused-ring (bicyclic) bond motifs is 1. The number of aromatic nitrogens is 2. The Kier molecular flexibility index (Phi) is 4.04. The number of halogens is 1. The number of aromatic hydroxyl groups is 1. The largest absolute Gasteiger partial charge is 0.508 e. The maximum absolute atomic E-state index is 9.68. The zero-order valence-corrected chi connectivity index (χ0v) is 14.9. The van der Waals surface area contributed by atoms with Gasteiger partial charge in [0.15, 0.2) is 0 Å². The van der Waals surface area contributed by atoms with Crippen LogP contribution in [0.4, 0.5) is 0 Å². The van der Waals surface area contributed by atoms with E-state index in [1.165, 1.54) is 4.90 Å². The van der Waals surface area contributed by atoms with Gasteiger partial charge in [0.1, 0.15) is 11.4 Å². The van der Waals surface area contributed by atoms with E-state index in [-0.39, 0.29) is 5.75 Å². The lowest BCUT2D eigenvalue weighted by Gasteiger charge is -2.04. The fraction of sp³-hybridized carbons (Fsp3) is 0. The van der Waals surface area contributed by atoms with Gasteiger partial charge in [0.25, 0.3) is 0 Å². The van der Waals surface area contributed by atoms with Gasteiger partial charge in [-0.1, -0.05) is 39.8 Å². The van der Waals surface area contributed by atoms with Crippen LogP contribution in [0.2, 0.25) is 0 Å². The van der Waals surface area contributed by atoms with Crippen molar-refractivity contribution in [1.82, 2.24) is 9.97 Å². The fourth-order valence-corrected chi connectivity index (χ4v) is 3.71. The van der Waals surface area contributed by atoms with E-state index in [0.29, 0.717) is 0 Å². The van der Waals surface area contributed by atoms with E-state index in [9.17, 15) is 5.11 Å². The van der Waals surface area contributed by atoms with E-state index in [0.717, 1.165) is 31.5 Å². The molecule has 2 heterocycles. The first kappa shape index (κ1) is 15.3. The maximum atomic E-state index is 9.68. The number of nitrogens with one attached hydrogen (secondary N) is 1. The van der Waals surface area contributed by atoms with E-state index >= 15 is 0 Å². The second-order valence-electron chi connectivity index (χ2n) is 5.38. The van der Waals surface area contributed by atoms with Gasteiger partial charge in [0, 0.05) is 37.6 Å². The molecule has 0 aliphatic rings. The lowest BCUT2D eigenvalue weighted by molar-refractivity contribution is 0.475. The highest BCUT2D eigenvalue weighted by Crippen LogP contribution is 2.35. The number of H-pyrrole nitrogens is 1. The van der Waals surface area contributed by atoms with Crippen molar-refractivity contribution in [1.29, 1.82) is 0 Å². The minimum absolute atomic E-state index is 0.256. The Morgan fingerprint density at radius 3 is 2.62 bits per heavy atom. The average molecular weight is 397 g/mol. The monoisotopic (exact) mass is 396 g/mol. The summed E-state index contributed by atoms with van der Waals surface area (Å²) in [6, 6.07) is 17.6. The van der Waals surface area contributed by atoms with Crippen LogP contribution in [0.1, 0.15) is 0 Å². The highest BCUT2D eigenvalue weighted by Gasteiger charge is 2.09. The Bertz CT molecular complexity index is 1010. The number of nitrogens with zero attached hydrogens (tertiary/aromatic N) is 1. The number of benzene rings is 2. The molecule has 0 bridgehead atoms. The van der Waals surface area contributed by atoms with Crippen molar-refractivity contribution in [2.75, 3.05) is 0 Å². The smallest absolute Gasteiger partial charge is 0.138 e. The number of hydrogen-bond donors (Lipinski definition) is 2. The molecule has 0 saturated heterocycles. The molecular weight excluding hydrogens is 384 g/mol. The third kappa shape index (κ3) is 3.05. The van der Waals surface area contributed by atoms with E-state index in [1.54, 1.807) is 23.9 Å². The molecule has 0 spiro atoms. The van der Waals surface area contributed by atoms with Gasteiger partial charge in [-0.3, -0.25) is 0 Å². The molecule has 24 heavy (non-hydrogen) atoms. The van der Waals surface area contributed by atoms with Crippen molar-refractivity contribution in [3.05, 3.63) is 71.5 Å². The summed E-state index contributed by atoms with van der Waals surface area (Å²) in [7, 11) is 0. The Morgan fingerprint density at radius 2 is 1.83 bits per heavy atom. The molecular formula is C19H13BrN2OS. The summed E-state index contributed by atoms with van der Waals surface area (Å²) in [5.74, 6) is 0.256. The van der Waals surface area contributed by atoms with Gasteiger partial charge >= 0.3 is 0 Å². The molecule has 0 unspecified atom stereocenters. The Hall–Kier alpha value is -2.24. The van der Waals surface area contributed by atoms with Gasteiger partial charge in [-0.15, -0.1) is 0 Å². The molecule has 4 aromatic rings. The second-order valence-corrected chi connectivity index (χ2v) is 7.41. The van der Waals surface area contributed by atoms with E-state index < -0.39 is 0 Å². The molecule has 118 valence electrons. The van der Waals surface area contributed by atoms with Gasteiger partial charge in [0.05, 0.1) is 0 Å². The normalized spacial score (nSPS) is 11.0. The zero-order valence-electron chi connectivity index (χ0n) is 12.5. The molecule has 2 aromatic carbocycles. The first-order valence-electron chi connectivity index (χ1n) is 7.39. The fourth-order valence-electron chi connectivity index (χ4n) is 2.54. The van der Waals surface area contributed by atoms with Crippen molar-refractivity contribution in [3.8, 4) is 16.9 Å². The van der Waals surface area contributed by atoms with Crippen molar-refractivity contribution in [3.63, 3.8) is 0 Å². The number of phenols is 1. The van der Waals surface area contributed by atoms with Crippen LogP contribution in [0.3, 0.4) is 0 Å². The number of hydrogen-bond acceptors (Lipinski definition) is 3. The molecule has 0 atom stereocenters. The second kappa shape index (κ2) is 6.34. The van der Waals surface area contributed by atoms with Crippen molar-refractivity contribution >= 4 is 38.7 Å². The maximum Gasteiger partial charge on any atom is 0.138 e. The summed E-state index contributed by atoms with van der Waals surface area (Å²) in [6.45, 7) is 0. The molecule has 4 rings (SSSR count). The molecule has 0 fully saturated rings. The predicted molar refractivity (Wildman–Crippen MR) is 101 cm³/mol. The summed E-state index contributed by atoms with van der Waals surface area (Å²) >= 11 is 5.16. The Labute approximate surface area is 151 Å². The predicted octanol–water partition coefficient (Wildman–Crippen LogP) is 5.85. The third-order valence-corrected chi connectivity index (χ3v) is 5.31. The summed E-state index contributed by atoms with van der Waals surface area (Å²) in [5.41, 5.74) is 2.79. The topological polar surface area (TPSA) is 48.9 Å². The van der Waals surface area contributed by atoms with Gasteiger partial charge in [-0.2, -0.15) is 0 Å². The minimum Gasteiger partial charge on any atom is -0.508 e. The van der Waals surface area contributed by atoms with Gasteiger partial charge in [0.2, 0.25) is 0 Å². The quantitative estimate of drug-likeness (QED) is 0.456. The SMILES string of the molecule is Oc1cccc(-c2cnc3[nH]cc(Sc4ccc(Br)cc4)c3c2)c1. The summed E-state index contributed by atoms with van der Waals surface area (Å²) in [5, 5.41) is 10.8. The van der Waals surface area contributed by atoms with Gasteiger partial charge in [-0.05, 0) is 48.0 Å². The third-order valence-electron chi connectivity index (χ3n) is 3.71. The highest BCUT2D eigenvalue weighted by atomic mass is 79.9. The highest BCUT2D eigenvalue weighted by molar-refractivity contribution is 9.10. The van der Waals surface area contributed by atoms with Crippen LogP contribution in [-0.2, 0) is 0 Å².